The molecule has 0 aromatic rings. The van der Waals surface area contributed by atoms with Gasteiger partial charge in [-0.05, 0) is 43.6 Å². The molecule has 0 saturated heterocycles. The fraction of sp³-hybridized carbons (Fsp3) is 0.562. The summed E-state index contributed by atoms with van der Waals surface area (Å²) in [5.41, 5.74) is 0.429. The quantitative estimate of drug-likeness (QED) is 0.330. The Morgan fingerprint density at radius 2 is 2.32 bits per heavy atom. The number of fused-ring (bicyclic) bond motifs is 5. The first kappa shape index (κ1) is 12.5. The Kier molecular flexibility index (Phi) is 3.21. The second-order valence-corrected chi connectivity index (χ2v) is 5.74. The lowest BCUT2D eigenvalue weighted by Gasteiger charge is -2.24. The first-order valence-electron chi connectivity index (χ1n) is 7.00. The number of hydrogen-bond acceptors (Lipinski definition) is 3. The average Bonchev–Trinajstić information content (AvgIpc) is 3.05. The van der Waals surface area contributed by atoms with Crippen molar-refractivity contribution in [2.24, 2.45) is 23.7 Å². The van der Waals surface area contributed by atoms with E-state index >= 15 is 0 Å². The molecule has 0 N–H and O–H groups in total. The molecule has 0 aromatic carbocycles. The number of carbonyl (C=O) groups excluding carboxylic acids is 1. The van der Waals surface area contributed by atoms with E-state index in [2.05, 4.69) is 24.8 Å². The monoisotopic (exact) mass is 260 g/mol. The van der Waals surface area contributed by atoms with Gasteiger partial charge in [-0.3, -0.25) is 0 Å². The lowest BCUT2D eigenvalue weighted by atomic mass is 9.85. The van der Waals surface area contributed by atoms with Crippen molar-refractivity contribution in [2.75, 3.05) is 13.2 Å². The normalized spacial score (nSPS) is 34.1. The molecule has 4 atom stereocenters. The lowest BCUT2D eigenvalue weighted by Crippen LogP contribution is -2.19. The minimum atomic E-state index is -0.343. The van der Waals surface area contributed by atoms with Gasteiger partial charge in [0.05, 0.1) is 5.76 Å². The molecule has 1 saturated carbocycles. The van der Waals surface area contributed by atoms with Gasteiger partial charge in [-0.1, -0.05) is 18.7 Å². The van der Waals surface area contributed by atoms with Gasteiger partial charge >= 0.3 is 5.97 Å². The molecule has 3 heteroatoms. The minimum absolute atomic E-state index is 0.296. The molecule has 3 aliphatic carbocycles. The van der Waals surface area contributed by atoms with E-state index in [0.717, 1.165) is 11.7 Å². The Bertz CT molecular complexity index is 461. The van der Waals surface area contributed by atoms with Crippen LogP contribution >= 0.6 is 0 Å². The molecule has 3 rings (SSSR count). The number of carbonyl (C=O) groups is 1. The summed E-state index contributed by atoms with van der Waals surface area (Å²) < 4.78 is 10.8. The summed E-state index contributed by atoms with van der Waals surface area (Å²) in [6.45, 7) is 5.93. The van der Waals surface area contributed by atoms with Crippen molar-refractivity contribution in [3.05, 3.63) is 36.1 Å². The van der Waals surface area contributed by atoms with Crippen LogP contribution in [0.1, 0.15) is 19.8 Å². The highest BCUT2D eigenvalue weighted by Crippen LogP contribution is 2.55. The van der Waals surface area contributed by atoms with Crippen LogP contribution < -0.4 is 0 Å². The van der Waals surface area contributed by atoms with E-state index in [0.29, 0.717) is 36.5 Å². The fourth-order valence-electron chi connectivity index (χ4n) is 3.61. The second kappa shape index (κ2) is 4.87. The summed E-state index contributed by atoms with van der Waals surface area (Å²) in [6.07, 6.45) is 9.42. The van der Waals surface area contributed by atoms with Crippen molar-refractivity contribution in [2.45, 2.75) is 19.8 Å². The first-order chi connectivity index (χ1) is 9.16. The summed E-state index contributed by atoms with van der Waals surface area (Å²) >= 11 is 0. The molecule has 102 valence electrons. The maximum atomic E-state index is 11.2. The molecule has 3 nitrogen and oxygen atoms in total. The van der Waals surface area contributed by atoms with Crippen molar-refractivity contribution in [3.8, 4) is 0 Å². The number of hydrogen-bond donors (Lipinski definition) is 0. The van der Waals surface area contributed by atoms with Gasteiger partial charge in [0.2, 0.25) is 0 Å². The number of esters is 1. The van der Waals surface area contributed by atoms with Crippen molar-refractivity contribution in [1.29, 1.82) is 0 Å². The molecular formula is C16H20O3. The number of allylic oxidation sites excluding steroid dienone is 4. The van der Waals surface area contributed by atoms with Gasteiger partial charge in [0, 0.05) is 11.5 Å². The highest BCUT2D eigenvalue weighted by molar-refractivity contribution is 5.86. The summed E-state index contributed by atoms with van der Waals surface area (Å²) in [5, 5.41) is 0. The van der Waals surface area contributed by atoms with E-state index in [9.17, 15) is 4.79 Å². The molecular weight excluding hydrogens is 240 g/mol. The maximum Gasteiger partial charge on any atom is 0.333 e. The SMILES string of the molecule is C=C(C)C(=O)OCCOC1=CC2CC1C1C=CCC21. The van der Waals surface area contributed by atoms with Gasteiger partial charge in [0.25, 0.3) is 0 Å². The second-order valence-electron chi connectivity index (χ2n) is 5.74. The van der Waals surface area contributed by atoms with Crippen molar-refractivity contribution >= 4 is 5.97 Å². The topological polar surface area (TPSA) is 35.5 Å². The molecule has 0 amide bonds. The molecule has 4 unspecified atom stereocenters. The largest absolute Gasteiger partial charge is 0.494 e. The van der Waals surface area contributed by atoms with E-state index in [1.165, 1.54) is 12.8 Å². The third-order valence-corrected chi connectivity index (χ3v) is 4.48. The highest BCUT2D eigenvalue weighted by Gasteiger charge is 2.49. The van der Waals surface area contributed by atoms with E-state index in [1.807, 2.05) is 0 Å². The Labute approximate surface area is 114 Å². The minimum Gasteiger partial charge on any atom is -0.494 e. The summed E-state index contributed by atoms with van der Waals surface area (Å²) in [5.74, 6) is 3.53. The summed E-state index contributed by atoms with van der Waals surface area (Å²) in [7, 11) is 0. The molecule has 2 bridgehead atoms. The van der Waals surface area contributed by atoms with E-state index in [1.54, 1.807) is 6.92 Å². The zero-order valence-electron chi connectivity index (χ0n) is 11.3. The molecule has 0 aromatic heterocycles. The molecule has 0 heterocycles. The smallest absolute Gasteiger partial charge is 0.333 e. The Hall–Kier alpha value is -1.51. The van der Waals surface area contributed by atoms with Crippen LogP contribution in [0.4, 0.5) is 0 Å². The van der Waals surface area contributed by atoms with Crippen LogP contribution in [0.2, 0.25) is 0 Å². The fourth-order valence-corrected chi connectivity index (χ4v) is 3.61. The van der Waals surface area contributed by atoms with Crippen LogP contribution in [0.5, 0.6) is 0 Å². The van der Waals surface area contributed by atoms with Gasteiger partial charge in [-0.25, -0.2) is 4.79 Å². The first-order valence-corrected chi connectivity index (χ1v) is 7.00. The van der Waals surface area contributed by atoms with Crippen LogP contribution in [-0.4, -0.2) is 19.2 Å². The van der Waals surface area contributed by atoms with Gasteiger partial charge in [0.15, 0.2) is 0 Å². The lowest BCUT2D eigenvalue weighted by molar-refractivity contribution is -0.140. The molecule has 3 aliphatic rings. The van der Waals surface area contributed by atoms with Crippen molar-refractivity contribution in [3.63, 3.8) is 0 Å². The zero-order valence-corrected chi connectivity index (χ0v) is 11.3. The van der Waals surface area contributed by atoms with Crippen LogP contribution in [0.25, 0.3) is 0 Å². The van der Waals surface area contributed by atoms with Crippen LogP contribution in [0.3, 0.4) is 0 Å². The van der Waals surface area contributed by atoms with Crippen molar-refractivity contribution < 1.29 is 14.3 Å². The van der Waals surface area contributed by atoms with Crippen LogP contribution in [0.15, 0.2) is 36.1 Å². The molecule has 0 radical (unpaired) electrons. The van der Waals surface area contributed by atoms with Crippen LogP contribution in [0, 0.1) is 23.7 Å². The number of ether oxygens (including phenoxy) is 2. The third kappa shape index (κ3) is 2.22. The van der Waals surface area contributed by atoms with E-state index < -0.39 is 0 Å². The van der Waals surface area contributed by atoms with Crippen molar-refractivity contribution in [1.82, 2.24) is 0 Å². The summed E-state index contributed by atoms with van der Waals surface area (Å²) in [6, 6.07) is 0. The number of rotatable bonds is 5. The highest BCUT2D eigenvalue weighted by atomic mass is 16.6. The Morgan fingerprint density at radius 3 is 3.11 bits per heavy atom. The Balaban J connectivity index is 1.46. The standard InChI is InChI=1S/C16H20O3/c1-10(2)16(17)19-7-6-18-15-9-11-8-14(15)13-5-3-4-12(11)13/h3,5,9,11-14H,1,4,6-8H2,2H3. The van der Waals surface area contributed by atoms with E-state index in [4.69, 9.17) is 9.47 Å². The van der Waals surface area contributed by atoms with Gasteiger partial charge < -0.3 is 9.47 Å². The van der Waals surface area contributed by atoms with E-state index in [-0.39, 0.29) is 5.97 Å². The summed E-state index contributed by atoms with van der Waals surface area (Å²) in [4.78, 5) is 11.2. The van der Waals surface area contributed by atoms with Crippen LogP contribution in [-0.2, 0) is 14.3 Å². The van der Waals surface area contributed by atoms with Gasteiger partial charge in [-0.15, -0.1) is 0 Å². The molecule has 0 spiro atoms. The Morgan fingerprint density at radius 1 is 1.47 bits per heavy atom. The molecule has 1 fully saturated rings. The van der Waals surface area contributed by atoms with Gasteiger partial charge in [0.1, 0.15) is 13.2 Å². The van der Waals surface area contributed by atoms with Gasteiger partial charge in [-0.2, -0.15) is 0 Å². The zero-order chi connectivity index (χ0) is 13.4. The predicted molar refractivity (Wildman–Crippen MR) is 72.1 cm³/mol. The maximum absolute atomic E-state index is 11.2. The molecule has 19 heavy (non-hydrogen) atoms. The third-order valence-electron chi connectivity index (χ3n) is 4.48. The average molecular weight is 260 g/mol. The predicted octanol–water partition coefficient (Wildman–Crippen LogP) is 2.85. The molecule has 0 aliphatic heterocycles.